The van der Waals surface area contributed by atoms with Crippen LogP contribution in [-0.2, 0) is 0 Å². The molecule has 12 rings (SSSR count). The summed E-state index contributed by atoms with van der Waals surface area (Å²) in [5.41, 5.74) is 7.53. The number of rotatable bonds is 3. The molecule has 1 heterocycles. The van der Waals surface area contributed by atoms with Crippen molar-refractivity contribution in [1.29, 1.82) is 0 Å². The van der Waals surface area contributed by atoms with Gasteiger partial charge in [-0.3, -0.25) is 0 Å². The van der Waals surface area contributed by atoms with Crippen LogP contribution in [0.3, 0.4) is 0 Å². The van der Waals surface area contributed by atoms with Crippen molar-refractivity contribution in [2.75, 3.05) is 0 Å². The van der Waals surface area contributed by atoms with Crippen LogP contribution in [0.5, 0.6) is 0 Å². The van der Waals surface area contributed by atoms with Crippen LogP contribution in [0.25, 0.3) is 118 Å². The van der Waals surface area contributed by atoms with E-state index in [4.69, 9.17) is 0 Å². The van der Waals surface area contributed by atoms with Gasteiger partial charge in [-0.1, -0.05) is 182 Å². The van der Waals surface area contributed by atoms with Crippen molar-refractivity contribution in [2.45, 2.75) is 0 Å². The van der Waals surface area contributed by atoms with Gasteiger partial charge in [0.1, 0.15) is 0 Å². The van der Waals surface area contributed by atoms with Gasteiger partial charge in [-0.05, 0) is 99.4 Å². The van der Waals surface area contributed by atoms with Crippen LogP contribution in [0.15, 0.2) is 194 Å². The van der Waals surface area contributed by atoms with Gasteiger partial charge in [0.15, 0.2) is 0 Å². The molecule has 0 bridgehead atoms. The quantitative estimate of drug-likeness (QED) is 0.126. The smallest absolute Gasteiger partial charge is 0.0440 e. The molecule has 55 heavy (non-hydrogen) atoms. The highest BCUT2D eigenvalue weighted by atomic mass is 32.1. The Kier molecular flexibility index (Phi) is 6.60. The molecule has 0 unspecified atom stereocenters. The first-order valence-electron chi connectivity index (χ1n) is 19.0. The van der Waals surface area contributed by atoms with Crippen molar-refractivity contribution < 1.29 is 0 Å². The van der Waals surface area contributed by atoms with Crippen LogP contribution < -0.4 is 0 Å². The van der Waals surface area contributed by atoms with Crippen molar-refractivity contribution in [3.8, 4) is 33.4 Å². The maximum Gasteiger partial charge on any atom is 0.0440 e. The average Bonchev–Trinajstić information content (AvgIpc) is 3.66. The molecule has 1 aromatic heterocycles. The zero-order valence-corrected chi connectivity index (χ0v) is 30.7. The molecule has 0 nitrogen and oxygen atoms in total. The number of fused-ring (bicyclic) bond motifs is 13. The molecule has 0 aliphatic carbocycles. The Hall–Kier alpha value is -6.80. The second-order valence-corrected chi connectivity index (χ2v) is 15.7. The van der Waals surface area contributed by atoms with E-state index in [2.05, 4.69) is 194 Å². The molecule has 11 aromatic carbocycles. The Balaban J connectivity index is 1.08. The molecule has 0 fully saturated rings. The van der Waals surface area contributed by atoms with E-state index in [1.807, 2.05) is 11.3 Å². The van der Waals surface area contributed by atoms with Crippen LogP contribution >= 0.6 is 11.3 Å². The van der Waals surface area contributed by atoms with Crippen molar-refractivity contribution in [3.05, 3.63) is 194 Å². The van der Waals surface area contributed by atoms with Crippen molar-refractivity contribution in [3.63, 3.8) is 0 Å². The molecule has 0 atom stereocenters. The van der Waals surface area contributed by atoms with Gasteiger partial charge in [-0.2, -0.15) is 0 Å². The summed E-state index contributed by atoms with van der Waals surface area (Å²) < 4.78 is 2.72. The van der Waals surface area contributed by atoms with Crippen molar-refractivity contribution in [1.82, 2.24) is 0 Å². The average molecular weight is 713 g/mol. The first-order valence-corrected chi connectivity index (χ1v) is 19.8. The molecule has 1 heteroatoms. The Morgan fingerprint density at radius 1 is 0.255 bits per heavy atom. The molecule has 0 aliphatic heterocycles. The van der Waals surface area contributed by atoms with Gasteiger partial charge in [0.05, 0.1) is 0 Å². The molecule has 0 saturated carbocycles. The van der Waals surface area contributed by atoms with Crippen LogP contribution in [0.4, 0.5) is 0 Å². The fraction of sp³-hybridized carbons (Fsp3) is 0. The SMILES string of the molecule is c1cc(-c2ccc3ccc4c(sc5c6ccccc6c6ccccc6c45)c3c2)cc(-c2c3ccccc3c(-c3cccc4ccccc34)c3ccccc23)c1. The summed E-state index contributed by atoms with van der Waals surface area (Å²) in [6, 6.07) is 72.1. The lowest BCUT2D eigenvalue weighted by Gasteiger charge is -2.19. The number of hydrogen-bond donors (Lipinski definition) is 0. The topological polar surface area (TPSA) is 0 Å². The molecule has 254 valence electrons. The van der Waals surface area contributed by atoms with Gasteiger partial charge in [0.25, 0.3) is 0 Å². The van der Waals surface area contributed by atoms with Crippen molar-refractivity contribution >= 4 is 96.1 Å². The van der Waals surface area contributed by atoms with E-state index in [-0.39, 0.29) is 0 Å². The van der Waals surface area contributed by atoms with Crippen LogP contribution in [0.2, 0.25) is 0 Å². The predicted molar refractivity (Wildman–Crippen MR) is 241 cm³/mol. The van der Waals surface area contributed by atoms with E-state index in [9.17, 15) is 0 Å². The lowest BCUT2D eigenvalue weighted by molar-refractivity contribution is 1.63. The highest BCUT2D eigenvalue weighted by Crippen LogP contribution is 2.48. The highest BCUT2D eigenvalue weighted by molar-refractivity contribution is 7.27. The zero-order valence-electron chi connectivity index (χ0n) is 29.9. The summed E-state index contributed by atoms with van der Waals surface area (Å²) in [5.74, 6) is 0. The lowest BCUT2D eigenvalue weighted by Crippen LogP contribution is -1.92. The third-order valence-corrected chi connectivity index (χ3v) is 13.1. The van der Waals surface area contributed by atoms with Crippen LogP contribution in [-0.4, -0.2) is 0 Å². The van der Waals surface area contributed by atoms with Gasteiger partial charge in [0, 0.05) is 30.9 Å². The van der Waals surface area contributed by atoms with E-state index >= 15 is 0 Å². The zero-order chi connectivity index (χ0) is 36.0. The van der Waals surface area contributed by atoms with E-state index in [0.717, 1.165) is 0 Å². The van der Waals surface area contributed by atoms with E-state index in [1.165, 1.54) is 118 Å². The molecular formula is C54H32S. The van der Waals surface area contributed by atoms with E-state index in [1.54, 1.807) is 0 Å². The molecule has 0 radical (unpaired) electrons. The van der Waals surface area contributed by atoms with Gasteiger partial charge < -0.3 is 0 Å². The molecule has 0 spiro atoms. The summed E-state index contributed by atoms with van der Waals surface area (Å²) in [6.07, 6.45) is 0. The number of thiophene rings is 1. The van der Waals surface area contributed by atoms with Gasteiger partial charge >= 0.3 is 0 Å². The van der Waals surface area contributed by atoms with Crippen molar-refractivity contribution in [2.24, 2.45) is 0 Å². The highest BCUT2D eigenvalue weighted by Gasteiger charge is 2.19. The van der Waals surface area contributed by atoms with Gasteiger partial charge in [0.2, 0.25) is 0 Å². The van der Waals surface area contributed by atoms with Gasteiger partial charge in [-0.15, -0.1) is 11.3 Å². The Morgan fingerprint density at radius 2 is 0.764 bits per heavy atom. The monoisotopic (exact) mass is 712 g/mol. The van der Waals surface area contributed by atoms with Crippen LogP contribution in [0.1, 0.15) is 0 Å². The minimum atomic E-state index is 1.22. The normalized spacial score (nSPS) is 12.0. The van der Waals surface area contributed by atoms with Crippen LogP contribution in [0, 0.1) is 0 Å². The molecule has 0 saturated heterocycles. The maximum atomic E-state index is 2.43. The van der Waals surface area contributed by atoms with Gasteiger partial charge in [-0.25, -0.2) is 0 Å². The summed E-state index contributed by atoms with van der Waals surface area (Å²) in [7, 11) is 0. The predicted octanol–water partition coefficient (Wildman–Crippen LogP) is 16.0. The molecular weight excluding hydrogens is 681 g/mol. The summed E-state index contributed by atoms with van der Waals surface area (Å²) >= 11 is 1.94. The first-order chi connectivity index (χ1) is 27.3. The maximum absolute atomic E-state index is 2.43. The first kappa shape index (κ1) is 30.6. The third-order valence-electron chi connectivity index (χ3n) is 11.8. The molecule has 0 aliphatic rings. The standard InChI is InChI=1S/C54H32S/c1-2-17-38-33(13-1)14-12-26-41(38)51-45-23-8-6-21-43(45)50(44-22-7-9-24-46(44)51)37-16-11-15-35(31-37)36-28-27-34-29-30-48-52-42-20-5-3-18-39(42)40-19-4-10-25-47(40)54(52)55-53(48)49(34)32-36/h1-32H. The fourth-order valence-corrected chi connectivity index (χ4v) is 10.8. The minimum absolute atomic E-state index is 1.22. The van der Waals surface area contributed by atoms with E-state index in [0.29, 0.717) is 0 Å². The Morgan fingerprint density at radius 3 is 1.51 bits per heavy atom. The Labute approximate surface area is 322 Å². The molecule has 0 N–H and O–H groups in total. The number of benzene rings is 11. The second-order valence-electron chi connectivity index (χ2n) is 14.7. The fourth-order valence-electron chi connectivity index (χ4n) is 9.39. The Bertz CT molecular complexity index is 3490. The largest absolute Gasteiger partial charge is 0.134 e. The molecule has 0 amide bonds. The summed E-state index contributed by atoms with van der Waals surface area (Å²) in [4.78, 5) is 0. The minimum Gasteiger partial charge on any atom is -0.134 e. The number of hydrogen-bond acceptors (Lipinski definition) is 1. The third kappa shape index (κ3) is 4.51. The second kappa shape index (κ2) is 11.9. The molecule has 12 aromatic rings. The lowest BCUT2D eigenvalue weighted by atomic mass is 9.84. The summed E-state index contributed by atoms with van der Waals surface area (Å²) in [5, 5.41) is 18.2. The summed E-state index contributed by atoms with van der Waals surface area (Å²) in [6.45, 7) is 0. The van der Waals surface area contributed by atoms with E-state index < -0.39 is 0 Å².